The van der Waals surface area contributed by atoms with Crippen LogP contribution in [0, 0.1) is 5.82 Å². The summed E-state index contributed by atoms with van der Waals surface area (Å²) in [4.78, 5) is 2.30. The maximum absolute atomic E-state index is 14.8. The van der Waals surface area contributed by atoms with Gasteiger partial charge in [0.05, 0.1) is 11.2 Å². The standard InChI is InChI=1S/C22H27BFNO2/c1-21(2)22(3,4)27-23(26-21)19-10-9-18(20(24)13-19)15-25-12-11-16-7-5-6-8-17(16)14-25/h5-10,13H,11-12,14-15H2,1-4H3. The van der Waals surface area contributed by atoms with E-state index in [-0.39, 0.29) is 5.82 Å². The zero-order chi connectivity index (χ0) is 19.2. The molecule has 0 atom stereocenters. The van der Waals surface area contributed by atoms with Crippen LogP contribution in [0.1, 0.15) is 44.4 Å². The molecular formula is C22H27BFNO2. The highest BCUT2D eigenvalue weighted by molar-refractivity contribution is 6.62. The monoisotopic (exact) mass is 367 g/mol. The molecule has 142 valence electrons. The van der Waals surface area contributed by atoms with Crippen molar-refractivity contribution in [3.63, 3.8) is 0 Å². The Hall–Kier alpha value is -1.69. The molecule has 0 N–H and O–H groups in total. The van der Waals surface area contributed by atoms with Gasteiger partial charge in [0.25, 0.3) is 0 Å². The Morgan fingerprint density at radius 2 is 1.67 bits per heavy atom. The Morgan fingerprint density at radius 3 is 2.33 bits per heavy atom. The lowest BCUT2D eigenvalue weighted by molar-refractivity contribution is 0.00578. The molecule has 27 heavy (non-hydrogen) atoms. The van der Waals surface area contributed by atoms with E-state index in [1.807, 2.05) is 39.8 Å². The molecule has 0 radical (unpaired) electrons. The molecule has 1 fully saturated rings. The fourth-order valence-corrected chi connectivity index (χ4v) is 3.75. The number of rotatable bonds is 3. The first-order valence-electron chi connectivity index (χ1n) is 9.68. The fraction of sp³-hybridized carbons (Fsp3) is 0.455. The summed E-state index contributed by atoms with van der Waals surface area (Å²) in [7, 11) is -0.527. The van der Waals surface area contributed by atoms with Crippen molar-refractivity contribution < 1.29 is 13.7 Å². The molecule has 0 aliphatic carbocycles. The lowest BCUT2D eigenvalue weighted by Crippen LogP contribution is -2.41. The van der Waals surface area contributed by atoms with Gasteiger partial charge in [-0.25, -0.2) is 4.39 Å². The van der Waals surface area contributed by atoms with E-state index in [0.717, 1.165) is 30.5 Å². The van der Waals surface area contributed by atoms with Gasteiger partial charge >= 0.3 is 7.12 Å². The van der Waals surface area contributed by atoms with Gasteiger partial charge in [-0.2, -0.15) is 0 Å². The Morgan fingerprint density at radius 1 is 1.00 bits per heavy atom. The van der Waals surface area contributed by atoms with Crippen molar-refractivity contribution in [2.24, 2.45) is 0 Å². The largest absolute Gasteiger partial charge is 0.494 e. The molecule has 2 aromatic carbocycles. The minimum atomic E-state index is -0.527. The third-order valence-corrected chi connectivity index (χ3v) is 6.21. The highest BCUT2D eigenvalue weighted by Crippen LogP contribution is 2.36. The van der Waals surface area contributed by atoms with E-state index in [0.29, 0.717) is 6.54 Å². The average molecular weight is 367 g/mol. The van der Waals surface area contributed by atoms with Crippen molar-refractivity contribution in [3.8, 4) is 0 Å². The zero-order valence-electron chi connectivity index (χ0n) is 16.6. The predicted molar refractivity (Wildman–Crippen MR) is 106 cm³/mol. The summed E-state index contributed by atoms with van der Waals surface area (Å²) in [5.74, 6) is -0.193. The van der Waals surface area contributed by atoms with E-state index < -0.39 is 18.3 Å². The van der Waals surface area contributed by atoms with Crippen LogP contribution in [0.5, 0.6) is 0 Å². The molecule has 2 aliphatic rings. The quantitative estimate of drug-likeness (QED) is 0.773. The summed E-state index contributed by atoms with van der Waals surface area (Å²) >= 11 is 0. The third-order valence-electron chi connectivity index (χ3n) is 6.21. The second-order valence-electron chi connectivity index (χ2n) is 8.67. The van der Waals surface area contributed by atoms with E-state index in [1.165, 1.54) is 11.1 Å². The summed E-state index contributed by atoms with van der Waals surface area (Å²) in [5.41, 5.74) is 3.36. The molecule has 1 saturated heterocycles. The SMILES string of the molecule is CC1(C)OB(c2ccc(CN3CCc4ccccc4C3)c(F)c2)OC1(C)C. The first-order chi connectivity index (χ1) is 12.7. The molecule has 4 rings (SSSR count). The Kier molecular flexibility index (Phi) is 4.65. The highest BCUT2D eigenvalue weighted by atomic mass is 19.1. The summed E-state index contributed by atoms with van der Waals surface area (Å²) < 4.78 is 26.9. The third kappa shape index (κ3) is 3.56. The van der Waals surface area contributed by atoms with Gasteiger partial charge in [-0.3, -0.25) is 4.90 Å². The normalized spacial score (nSPS) is 21.3. The molecule has 2 aliphatic heterocycles. The Labute approximate surface area is 161 Å². The van der Waals surface area contributed by atoms with Crippen molar-refractivity contribution >= 4 is 12.6 Å². The van der Waals surface area contributed by atoms with Crippen LogP contribution in [0.15, 0.2) is 42.5 Å². The number of fused-ring (bicyclic) bond motifs is 1. The minimum absolute atomic E-state index is 0.193. The first kappa shape index (κ1) is 18.7. The number of hydrogen-bond donors (Lipinski definition) is 0. The van der Waals surface area contributed by atoms with Gasteiger partial charge in [0.2, 0.25) is 0 Å². The van der Waals surface area contributed by atoms with Crippen molar-refractivity contribution in [2.45, 2.75) is 58.4 Å². The van der Waals surface area contributed by atoms with Crippen LogP contribution in [0.3, 0.4) is 0 Å². The van der Waals surface area contributed by atoms with Crippen LogP contribution in [-0.2, 0) is 28.8 Å². The summed E-state index contributed by atoms with van der Waals surface area (Å²) in [5, 5.41) is 0. The van der Waals surface area contributed by atoms with Crippen molar-refractivity contribution in [3.05, 3.63) is 65.0 Å². The Bertz CT molecular complexity index is 836. The molecule has 5 heteroatoms. The number of hydrogen-bond acceptors (Lipinski definition) is 3. The molecular weight excluding hydrogens is 340 g/mol. The summed E-state index contributed by atoms with van der Waals surface area (Å²) in [6.07, 6.45) is 1.02. The number of halogens is 1. The van der Waals surface area contributed by atoms with Gasteiger partial charge in [-0.05, 0) is 56.8 Å². The molecule has 0 aromatic heterocycles. The van der Waals surface area contributed by atoms with Crippen LogP contribution in [0.2, 0.25) is 0 Å². The lowest BCUT2D eigenvalue weighted by atomic mass is 9.78. The lowest BCUT2D eigenvalue weighted by Gasteiger charge is -2.32. The van der Waals surface area contributed by atoms with Crippen molar-refractivity contribution in [1.29, 1.82) is 0 Å². The first-order valence-corrected chi connectivity index (χ1v) is 9.68. The molecule has 0 saturated carbocycles. The van der Waals surface area contributed by atoms with Gasteiger partial charge < -0.3 is 9.31 Å². The van der Waals surface area contributed by atoms with Crippen LogP contribution >= 0.6 is 0 Å². The zero-order valence-corrected chi connectivity index (χ0v) is 16.6. The van der Waals surface area contributed by atoms with Crippen molar-refractivity contribution in [1.82, 2.24) is 4.90 Å². The van der Waals surface area contributed by atoms with Crippen LogP contribution in [0.25, 0.3) is 0 Å². The number of nitrogens with zero attached hydrogens (tertiary/aromatic N) is 1. The minimum Gasteiger partial charge on any atom is -0.399 e. The van der Waals surface area contributed by atoms with Crippen LogP contribution < -0.4 is 5.46 Å². The second-order valence-corrected chi connectivity index (χ2v) is 8.67. The van der Waals surface area contributed by atoms with E-state index in [9.17, 15) is 4.39 Å². The van der Waals surface area contributed by atoms with Crippen LogP contribution in [0.4, 0.5) is 4.39 Å². The summed E-state index contributed by atoms with van der Waals surface area (Å²) in [6.45, 7) is 10.5. The van der Waals surface area contributed by atoms with E-state index in [4.69, 9.17) is 9.31 Å². The van der Waals surface area contributed by atoms with Gasteiger partial charge in [-0.1, -0.05) is 36.4 Å². The Balaban J connectivity index is 1.47. The molecule has 3 nitrogen and oxygen atoms in total. The maximum Gasteiger partial charge on any atom is 0.494 e. The average Bonchev–Trinajstić information content (AvgIpc) is 2.84. The predicted octanol–water partition coefficient (Wildman–Crippen LogP) is 3.68. The van der Waals surface area contributed by atoms with Gasteiger partial charge in [0.1, 0.15) is 5.82 Å². The van der Waals surface area contributed by atoms with Crippen LogP contribution in [-0.4, -0.2) is 29.8 Å². The fourth-order valence-electron chi connectivity index (χ4n) is 3.75. The molecule has 2 heterocycles. The molecule has 0 amide bonds. The van der Waals surface area contributed by atoms with Gasteiger partial charge in [-0.15, -0.1) is 0 Å². The van der Waals surface area contributed by atoms with E-state index in [1.54, 1.807) is 6.07 Å². The topological polar surface area (TPSA) is 21.7 Å². The van der Waals surface area contributed by atoms with E-state index >= 15 is 0 Å². The van der Waals surface area contributed by atoms with Gasteiger partial charge in [0, 0.05) is 25.2 Å². The molecule has 0 unspecified atom stereocenters. The molecule has 0 bridgehead atoms. The van der Waals surface area contributed by atoms with Gasteiger partial charge in [0.15, 0.2) is 0 Å². The van der Waals surface area contributed by atoms with E-state index in [2.05, 4.69) is 29.2 Å². The highest BCUT2D eigenvalue weighted by Gasteiger charge is 2.51. The molecule has 0 spiro atoms. The smallest absolute Gasteiger partial charge is 0.399 e. The number of benzene rings is 2. The summed E-state index contributed by atoms with van der Waals surface area (Å²) in [6, 6.07) is 13.9. The maximum atomic E-state index is 14.8. The second kappa shape index (κ2) is 6.73. The molecule has 2 aromatic rings. The van der Waals surface area contributed by atoms with Crippen molar-refractivity contribution in [2.75, 3.05) is 6.54 Å².